The molecule has 6 nitrogen and oxygen atoms in total. The number of hydrogen-bond acceptors (Lipinski definition) is 6. The average Bonchev–Trinajstić information content (AvgIpc) is 2.80. The van der Waals surface area contributed by atoms with Gasteiger partial charge in [-0.1, -0.05) is 49.2 Å². The van der Waals surface area contributed by atoms with Crippen LogP contribution in [0.4, 0.5) is 5.82 Å². The smallest absolute Gasteiger partial charge is 0.189 e. The van der Waals surface area contributed by atoms with Crippen molar-refractivity contribution >= 4 is 23.2 Å². The molecule has 32 heavy (non-hydrogen) atoms. The molecule has 0 radical (unpaired) electrons. The zero-order valence-corrected chi connectivity index (χ0v) is 18.4. The second kappa shape index (κ2) is 9.66. The molecule has 0 bridgehead atoms. The van der Waals surface area contributed by atoms with Crippen LogP contribution in [0.25, 0.3) is 22.4 Å². The number of ketones is 1. The number of benzene rings is 1. The fraction of sp³-hybridized carbons (Fsp3) is 0.160. The van der Waals surface area contributed by atoms with E-state index < -0.39 is 0 Å². The average molecular weight is 444 g/mol. The van der Waals surface area contributed by atoms with E-state index in [1.165, 1.54) is 5.56 Å². The number of nitrogens with zero attached hydrogens (tertiary/aromatic N) is 4. The Balaban J connectivity index is 1.63. The second-order valence-electron chi connectivity index (χ2n) is 7.44. The van der Waals surface area contributed by atoms with E-state index in [1.807, 2.05) is 24.3 Å². The number of Topliss-reactive ketones (excluding diaryl/α,β-unsaturated/α-hetero) is 1. The summed E-state index contributed by atoms with van der Waals surface area (Å²) in [5.74, 6) is -0.118. The largest absolute Gasteiger partial charge is 0.382 e. The molecular formula is C25H22ClN5O. The van der Waals surface area contributed by atoms with Crippen molar-refractivity contribution in [1.29, 1.82) is 0 Å². The van der Waals surface area contributed by atoms with Gasteiger partial charge >= 0.3 is 0 Å². The lowest BCUT2D eigenvalue weighted by molar-refractivity contribution is 0.0989. The third-order valence-corrected chi connectivity index (χ3v) is 5.35. The Morgan fingerprint density at radius 1 is 1.00 bits per heavy atom. The molecule has 0 amide bonds. The molecule has 3 heterocycles. The predicted molar refractivity (Wildman–Crippen MR) is 126 cm³/mol. The number of nitrogens with two attached hydrogens (primary N) is 1. The Morgan fingerprint density at radius 2 is 1.81 bits per heavy atom. The maximum Gasteiger partial charge on any atom is 0.189 e. The van der Waals surface area contributed by atoms with Gasteiger partial charge in [0.05, 0.1) is 11.9 Å². The first-order valence-electron chi connectivity index (χ1n) is 10.3. The maximum atomic E-state index is 13.2. The predicted octanol–water partition coefficient (Wildman–Crippen LogP) is 5.21. The Hall–Kier alpha value is -3.64. The maximum absolute atomic E-state index is 13.2. The number of carbonyl (C=O) groups excluding carboxylic acids is 1. The van der Waals surface area contributed by atoms with Crippen molar-refractivity contribution in [2.24, 2.45) is 0 Å². The zero-order chi connectivity index (χ0) is 22.5. The van der Waals surface area contributed by atoms with Crippen LogP contribution in [0, 0.1) is 0 Å². The summed E-state index contributed by atoms with van der Waals surface area (Å²) in [6.45, 7) is 2.15. The first kappa shape index (κ1) is 21.6. The highest BCUT2D eigenvalue weighted by molar-refractivity contribution is 6.29. The number of carbonyl (C=O) groups is 1. The molecule has 2 N–H and O–H groups in total. The minimum atomic E-state index is -0.228. The van der Waals surface area contributed by atoms with Gasteiger partial charge in [0.15, 0.2) is 11.6 Å². The number of nitrogen functional groups attached to an aromatic ring is 1. The van der Waals surface area contributed by atoms with Crippen molar-refractivity contribution in [2.45, 2.75) is 26.2 Å². The van der Waals surface area contributed by atoms with Gasteiger partial charge in [-0.15, -0.1) is 0 Å². The number of hydrogen-bond donors (Lipinski definition) is 1. The highest BCUT2D eigenvalue weighted by Crippen LogP contribution is 2.26. The van der Waals surface area contributed by atoms with Crippen molar-refractivity contribution in [3.8, 4) is 22.4 Å². The van der Waals surface area contributed by atoms with Crippen LogP contribution in [0.2, 0.25) is 5.15 Å². The second-order valence-corrected chi connectivity index (χ2v) is 7.82. The molecule has 4 aromatic rings. The molecule has 7 heteroatoms. The summed E-state index contributed by atoms with van der Waals surface area (Å²) in [5.41, 5.74) is 11.4. The molecule has 0 aliphatic rings. The molecule has 0 saturated heterocycles. The van der Waals surface area contributed by atoms with Gasteiger partial charge in [0.25, 0.3) is 0 Å². The van der Waals surface area contributed by atoms with E-state index in [0.717, 1.165) is 35.1 Å². The molecular weight excluding hydrogens is 422 g/mol. The molecule has 0 saturated carbocycles. The summed E-state index contributed by atoms with van der Waals surface area (Å²) in [7, 11) is 0. The van der Waals surface area contributed by atoms with Gasteiger partial charge in [0.2, 0.25) is 0 Å². The van der Waals surface area contributed by atoms with E-state index in [9.17, 15) is 4.79 Å². The zero-order valence-electron chi connectivity index (χ0n) is 17.6. The Kier molecular flexibility index (Phi) is 6.52. The molecule has 1 aromatic carbocycles. The first-order chi connectivity index (χ1) is 15.5. The van der Waals surface area contributed by atoms with Gasteiger partial charge in [-0.25, -0.2) is 15.0 Å². The molecule has 0 atom stereocenters. The van der Waals surface area contributed by atoms with E-state index in [1.54, 1.807) is 30.9 Å². The summed E-state index contributed by atoms with van der Waals surface area (Å²) in [4.78, 5) is 30.1. The van der Waals surface area contributed by atoms with Crippen LogP contribution >= 0.6 is 11.6 Å². The lowest BCUT2D eigenvalue weighted by atomic mass is 9.98. The summed E-state index contributed by atoms with van der Waals surface area (Å²) in [6, 6.07) is 13.6. The molecule has 0 spiro atoms. The number of pyridine rings is 2. The van der Waals surface area contributed by atoms with E-state index in [0.29, 0.717) is 10.8 Å². The van der Waals surface area contributed by atoms with Gasteiger partial charge < -0.3 is 5.73 Å². The fourth-order valence-electron chi connectivity index (χ4n) is 3.55. The van der Waals surface area contributed by atoms with E-state index in [-0.39, 0.29) is 23.7 Å². The number of rotatable bonds is 7. The van der Waals surface area contributed by atoms with Gasteiger partial charge in [-0.3, -0.25) is 9.78 Å². The van der Waals surface area contributed by atoms with Crippen molar-refractivity contribution in [1.82, 2.24) is 19.9 Å². The van der Waals surface area contributed by atoms with E-state index in [2.05, 4.69) is 39.0 Å². The van der Waals surface area contributed by atoms with Crippen LogP contribution in [0.1, 0.15) is 35.0 Å². The number of aromatic nitrogens is 4. The molecule has 0 aliphatic carbocycles. The molecule has 4 rings (SSSR count). The van der Waals surface area contributed by atoms with Crippen LogP contribution < -0.4 is 5.73 Å². The van der Waals surface area contributed by atoms with Gasteiger partial charge in [-0.2, -0.15) is 0 Å². The van der Waals surface area contributed by atoms with E-state index >= 15 is 0 Å². The first-order valence-corrected chi connectivity index (χ1v) is 10.7. The SMILES string of the molecule is CCCc1ccc(-c2cnc(N)c(C(=O)Cc3cnccc3-c3ccnc(Cl)c3)n2)cc1. The number of aryl methyl sites for hydroxylation is 1. The normalized spacial score (nSPS) is 10.8. The number of halogens is 1. The van der Waals surface area contributed by atoms with Crippen LogP contribution in [-0.4, -0.2) is 25.7 Å². The Morgan fingerprint density at radius 3 is 2.56 bits per heavy atom. The molecule has 0 aliphatic heterocycles. The van der Waals surface area contributed by atoms with Crippen LogP contribution in [0.5, 0.6) is 0 Å². The topological polar surface area (TPSA) is 94.7 Å². The molecule has 0 unspecified atom stereocenters. The minimum absolute atomic E-state index is 0.0842. The van der Waals surface area contributed by atoms with Crippen molar-refractivity contribution in [3.63, 3.8) is 0 Å². The Labute approximate surface area is 191 Å². The summed E-state index contributed by atoms with van der Waals surface area (Å²) >= 11 is 6.04. The van der Waals surface area contributed by atoms with Gasteiger partial charge in [0, 0.05) is 30.6 Å². The number of anilines is 1. The van der Waals surface area contributed by atoms with Crippen LogP contribution in [0.15, 0.2) is 67.3 Å². The Bertz CT molecular complexity index is 1260. The van der Waals surface area contributed by atoms with Crippen molar-refractivity contribution in [2.75, 3.05) is 5.73 Å². The van der Waals surface area contributed by atoms with Crippen LogP contribution in [0.3, 0.4) is 0 Å². The van der Waals surface area contributed by atoms with Crippen molar-refractivity contribution < 1.29 is 4.79 Å². The van der Waals surface area contributed by atoms with E-state index in [4.69, 9.17) is 17.3 Å². The standard InChI is InChI=1S/C25H22ClN5O/c1-2-3-16-4-6-17(7-5-16)21-15-30-25(27)24(31-21)22(32)12-19-14-28-10-9-20(19)18-8-11-29-23(26)13-18/h4-11,13-15H,2-3,12H2,1H3,(H2,27,30). The summed E-state index contributed by atoms with van der Waals surface area (Å²) < 4.78 is 0. The lowest BCUT2D eigenvalue weighted by Gasteiger charge is -2.10. The highest BCUT2D eigenvalue weighted by Gasteiger charge is 2.18. The highest BCUT2D eigenvalue weighted by atomic mass is 35.5. The van der Waals surface area contributed by atoms with Gasteiger partial charge in [0.1, 0.15) is 10.8 Å². The molecule has 3 aromatic heterocycles. The molecule has 160 valence electrons. The minimum Gasteiger partial charge on any atom is -0.382 e. The lowest BCUT2D eigenvalue weighted by Crippen LogP contribution is -2.12. The third-order valence-electron chi connectivity index (χ3n) is 5.15. The quantitative estimate of drug-likeness (QED) is 0.311. The molecule has 0 fully saturated rings. The summed E-state index contributed by atoms with van der Waals surface area (Å²) in [5, 5.41) is 0.379. The monoisotopic (exact) mass is 443 g/mol. The van der Waals surface area contributed by atoms with Crippen molar-refractivity contribution in [3.05, 3.63) is 89.2 Å². The third kappa shape index (κ3) is 4.81. The fourth-order valence-corrected chi connectivity index (χ4v) is 3.72. The van der Waals surface area contributed by atoms with Gasteiger partial charge in [-0.05, 0) is 46.9 Å². The van der Waals surface area contributed by atoms with Crippen LogP contribution in [-0.2, 0) is 12.8 Å². The summed E-state index contributed by atoms with van der Waals surface area (Å²) in [6.07, 6.45) is 8.75.